The van der Waals surface area contributed by atoms with E-state index in [-0.39, 0.29) is 6.61 Å². The van der Waals surface area contributed by atoms with Crippen molar-refractivity contribution in [3.8, 4) is 12.3 Å². The van der Waals surface area contributed by atoms with Gasteiger partial charge in [0.05, 0.1) is 5.41 Å². The maximum absolute atomic E-state index is 10.6. The molecular formula is C7H11O5P. The van der Waals surface area contributed by atoms with E-state index in [1.807, 2.05) is 0 Å². The zero-order valence-electron chi connectivity index (χ0n) is 7.35. The summed E-state index contributed by atoms with van der Waals surface area (Å²) in [5.74, 6) is 2.32. The van der Waals surface area contributed by atoms with Crippen molar-refractivity contribution < 1.29 is 23.9 Å². The number of hydrogen-bond acceptors (Lipinski definition) is 3. The molecule has 0 saturated heterocycles. The topological polar surface area (TPSA) is 83.8 Å². The molecule has 0 aliphatic heterocycles. The van der Waals surface area contributed by atoms with Crippen LogP contribution in [-0.2, 0) is 9.30 Å². The Kier molecular flexibility index (Phi) is 3.68. The van der Waals surface area contributed by atoms with Gasteiger partial charge < -0.3 is 14.5 Å². The van der Waals surface area contributed by atoms with Gasteiger partial charge in [-0.3, -0.25) is 0 Å². The largest absolute Gasteiger partial charge is 0.455 e. The van der Waals surface area contributed by atoms with Gasteiger partial charge in [-0.05, 0) is 13.8 Å². The molecule has 2 N–H and O–H groups in total. The Labute approximate surface area is 76.3 Å². The van der Waals surface area contributed by atoms with Gasteiger partial charge in [0, 0.05) is 0 Å². The summed E-state index contributed by atoms with van der Waals surface area (Å²) in [6.07, 6.45) is 5.07. The van der Waals surface area contributed by atoms with Crippen molar-refractivity contribution in [2.75, 3.05) is 6.61 Å². The van der Waals surface area contributed by atoms with Crippen LogP contribution in [0.2, 0.25) is 0 Å². The lowest BCUT2D eigenvalue weighted by Crippen LogP contribution is -2.19. The summed E-state index contributed by atoms with van der Waals surface area (Å²) in [6, 6.07) is 0. The van der Waals surface area contributed by atoms with E-state index < -0.39 is 18.7 Å². The highest BCUT2D eigenvalue weighted by Gasteiger charge is 2.29. The monoisotopic (exact) mass is 206 g/mol. The molecule has 0 bridgehead atoms. The number of hydrogen-bond donors (Lipinski definition) is 2. The van der Waals surface area contributed by atoms with Gasteiger partial charge in [0.1, 0.15) is 6.61 Å². The quantitative estimate of drug-likeness (QED) is 0.530. The first kappa shape index (κ1) is 12.2. The third-order valence-corrected chi connectivity index (χ3v) is 1.79. The Bertz CT molecular complexity index is 282. The van der Waals surface area contributed by atoms with Crippen LogP contribution in [0, 0.1) is 17.8 Å². The van der Waals surface area contributed by atoms with Crippen molar-refractivity contribution in [1.29, 1.82) is 0 Å². The molecule has 0 aromatic carbocycles. The van der Waals surface area contributed by atoms with Crippen molar-refractivity contribution in [1.82, 2.24) is 0 Å². The maximum Gasteiger partial charge on any atom is 0.433 e. The van der Waals surface area contributed by atoms with Crippen LogP contribution in [0.15, 0.2) is 0 Å². The van der Waals surface area contributed by atoms with Crippen LogP contribution in [0.3, 0.4) is 0 Å². The lowest BCUT2D eigenvalue weighted by Gasteiger charge is -2.16. The van der Waals surface area contributed by atoms with E-state index in [0.717, 1.165) is 0 Å². The number of carbonyl (C=O) groups is 1. The predicted molar refractivity (Wildman–Crippen MR) is 46.0 cm³/mol. The standard InChI is InChI=1S/C7H11O5P/c1-4-7(2,3)5-12-6(8)13(9,10)11/h1H,5H2,2-3H3,(H2,9,10,11). The minimum Gasteiger partial charge on any atom is -0.455 e. The summed E-state index contributed by atoms with van der Waals surface area (Å²) in [5, 5.41) is 0. The van der Waals surface area contributed by atoms with E-state index in [9.17, 15) is 9.36 Å². The van der Waals surface area contributed by atoms with Gasteiger partial charge in [-0.1, -0.05) is 5.92 Å². The van der Waals surface area contributed by atoms with Crippen molar-refractivity contribution in [3.63, 3.8) is 0 Å². The van der Waals surface area contributed by atoms with Gasteiger partial charge >= 0.3 is 13.3 Å². The smallest absolute Gasteiger partial charge is 0.433 e. The fraction of sp³-hybridized carbons (Fsp3) is 0.571. The average Bonchev–Trinajstić information content (AvgIpc) is 1.98. The molecule has 0 fully saturated rings. The molecule has 13 heavy (non-hydrogen) atoms. The zero-order valence-corrected chi connectivity index (χ0v) is 8.25. The summed E-state index contributed by atoms with van der Waals surface area (Å²) < 4.78 is 14.6. The highest BCUT2D eigenvalue weighted by atomic mass is 31.2. The molecule has 0 radical (unpaired) electrons. The van der Waals surface area contributed by atoms with Crippen LogP contribution in [0.25, 0.3) is 0 Å². The SMILES string of the molecule is C#CC(C)(C)COC(=O)P(=O)(O)O. The molecule has 0 aliphatic rings. The van der Waals surface area contributed by atoms with Gasteiger partial charge in [-0.25, -0.2) is 9.36 Å². The lowest BCUT2D eigenvalue weighted by atomic mass is 9.97. The predicted octanol–water partition coefficient (Wildman–Crippen LogP) is 0.960. The molecule has 0 rings (SSSR count). The Morgan fingerprint density at radius 1 is 1.62 bits per heavy atom. The fourth-order valence-electron chi connectivity index (χ4n) is 0.368. The first-order chi connectivity index (χ1) is 5.69. The molecule has 0 aromatic rings. The second kappa shape index (κ2) is 3.93. The lowest BCUT2D eigenvalue weighted by molar-refractivity contribution is 0.134. The van der Waals surface area contributed by atoms with Crippen LogP contribution in [0.4, 0.5) is 4.79 Å². The van der Waals surface area contributed by atoms with E-state index in [1.165, 1.54) is 0 Å². The Morgan fingerprint density at radius 2 is 2.08 bits per heavy atom. The molecule has 0 aromatic heterocycles. The van der Waals surface area contributed by atoms with Crippen molar-refractivity contribution >= 4 is 13.3 Å². The first-order valence-corrected chi connectivity index (χ1v) is 5.01. The van der Waals surface area contributed by atoms with Crippen LogP contribution < -0.4 is 0 Å². The Hall–Kier alpha value is -0.820. The van der Waals surface area contributed by atoms with Crippen molar-refractivity contribution in [3.05, 3.63) is 0 Å². The number of rotatable bonds is 3. The molecular weight excluding hydrogens is 195 g/mol. The minimum absolute atomic E-state index is 0.215. The molecule has 0 saturated carbocycles. The van der Waals surface area contributed by atoms with Crippen LogP contribution in [-0.4, -0.2) is 22.1 Å². The number of terminal acetylenes is 1. The highest BCUT2D eigenvalue weighted by Crippen LogP contribution is 2.37. The number of carbonyl (C=O) groups excluding carboxylic acids is 1. The minimum atomic E-state index is -4.78. The number of ether oxygens (including phenoxy) is 1. The van der Waals surface area contributed by atoms with Crippen LogP contribution >= 0.6 is 7.60 Å². The molecule has 6 heteroatoms. The molecule has 0 spiro atoms. The summed E-state index contributed by atoms with van der Waals surface area (Å²) in [6.45, 7) is 3.01. The molecule has 0 aliphatic carbocycles. The summed E-state index contributed by atoms with van der Waals surface area (Å²) in [5.41, 5.74) is -2.26. The van der Waals surface area contributed by atoms with Gasteiger partial charge in [0.15, 0.2) is 0 Å². The average molecular weight is 206 g/mol. The van der Waals surface area contributed by atoms with Gasteiger partial charge in [0.2, 0.25) is 0 Å². The summed E-state index contributed by atoms with van der Waals surface area (Å²) in [4.78, 5) is 27.3. The molecule has 0 amide bonds. The normalized spacial score (nSPS) is 11.9. The van der Waals surface area contributed by atoms with E-state index >= 15 is 0 Å². The fourth-order valence-corrected chi connectivity index (χ4v) is 0.601. The Morgan fingerprint density at radius 3 is 2.38 bits per heavy atom. The zero-order chi connectivity index (χ0) is 10.7. The van der Waals surface area contributed by atoms with Gasteiger partial charge in [0.25, 0.3) is 0 Å². The first-order valence-electron chi connectivity index (χ1n) is 3.40. The summed E-state index contributed by atoms with van der Waals surface area (Å²) in [7, 11) is -4.78. The van der Waals surface area contributed by atoms with E-state index in [0.29, 0.717) is 0 Å². The van der Waals surface area contributed by atoms with Crippen molar-refractivity contribution in [2.45, 2.75) is 13.8 Å². The second-order valence-corrected chi connectivity index (χ2v) is 4.58. The second-order valence-electron chi connectivity index (χ2n) is 3.13. The van der Waals surface area contributed by atoms with Gasteiger partial charge in [-0.2, -0.15) is 0 Å². The van der Waals surface area contributed by atoms with E-state index in [1.54, 1.807) is 13.8 Å². The molecule has 0 unspecified atom stereocenters. The van der Waals surface area contributed by atoms with Crippen LogP contribution in [0.1, 0.15) is 13.8 Å². The third kappa shape index (κ3) is 4.69. The molecule has 74 valence electrons. The maximum atomic E-state index is 10.6. The molecule has 0 heterocycles. The summed E-state index contributed by atoms with van der Waals surface area (Å²) >= 11 is 0. The van der Waals surface area contributed by atoms with Crippen molar-refractivity contribution in [2.24, 2.45) is 5.41 Å². The van der Waals surface area contributed by atoms with E-state index in [2.05, 4.69) is 10.7 Å². The van der Waals surface area contributed by atoms with E-state index in [4.69, 9.17) is 16.2 Å². The Balaban J connectivity index is 4.16. The van der Waals surface area contributed by atoms with Crippen LogP contribution in [0.5, 0.6) is 0 Å². The third-order valence-electron chi connectivity index (χ3n) is 1.19. The molecule has 0 atom stereocenters. The highest BCUT2D eigenvalue weighted by molar-refractivity contribution is 7.69. The van der Waals surface area contributed by atoms with Gasteiger partial charge in [-0.15, -0.1) is 6.42 Å². The molecule has 5 nitrogen and oxygen atoms in total.